The van der Waals surface area contributed by atoms with E-state index in [0.29, 0.717) is 25.4 Å². The van der Waals surface area contributed by atoms with Crippen LogP contribution in [0, 0.1) is 0 Å². The summed E-state index contributed by atoms with van der Waals surface area (Å²) in [7, 11) is 1.63. The van der Waals surface area contributed by atoms with Gasteiger partial charge in [0, 0.05) is 38.8 Å². The second-order valence-corrected chi connectivity index (χ2v) is 6.51. The minimum atomic E-state index is -0.418. The largest absolute Gasteiger partial charge is 0.382 e. The number of methoxy groups -OCH3 is 1. The molecule has 7 nitrogen and oxygen atoms in total. The fourth-order valence-electron chi connectivity index (χ4n) is 2.99. The molecule has 2 aromatic rings. The number of nitrogens with zero attached hydrogens (tertiary/aromatic N) is 4. The Hall–Kier alpha value is -2.25. The van der Waals surface area contributed by atoms with Gasteiger partial charge in [0.05, 0.1) is 30.3 Å². The van der Waals surface area contributed by atoms with Crippen molar-refractivity contribution in [2.45, 2.75) is 25.6 Å². The summed E-state index contributed by atoms with van der Waals surface area (Å²) in [4.78, 5) is 23.0. The summed E-state index contributed by atoms with van der Waals surface area (Å²) in [5, 5.41) is 0. The van der Waals surface area contributed by atoms with Gasteiger partial charge in [-0.15, -0.1) is 0 Å². The van der Waals surface area contributed by atoms with Gasteiger partial charge in [-0.05, 0) is 26.0 Å². The molecule has 1 aliphatic heterocycles. The van der Waals surface area contributed by atoms with Gasteiger partial charge in [0.2, 0.25) is 0 Å². The standard InChI is InChI=1S/C17H22N4O3/c1-17(2)11-21(9-14(24-17)10-23-3)16(22)15-8-13(4-5-19-15)20-7-6-18-12-20/h4-8,12,14H,9-11H2,1-3H3/t14-/m1/s1. The van der Waals surface area contributed by atoms with E-state index in [4.69, 9.17) is 9.47 Å². The van der Waals surface area contributed by atoms with Crippen LogP contribution in [0.3, 0.4) is 0 Å². The van der Waals surface area contributed by atoms with E-state index < -0.39 is 5.60 Å². The maximum atomic E-state index is 12.9. The van der Waals surface area contributed by atoms with Gasteiger partial charge in [0.15, 0.2) is 0 Å². The van der Waals surface area contributed by atoms with Crippen LogP contribution in [0.25, 0.3) is 5.69 Å². The summed E-state index contributed by atoms with van der Waals surface area (Å²) in [6, 6.07) is 3.62. The number of morpholine rings is 1. The van der Waals surface area contributed by atoms with Gasteiger partial charge in [0.25, 0.3) is 5.91 Å². The first-order chi connectivity index (χ1) is 11.5. The number of pyridine rings is 1. The third-order valence-corrected chi connectivity index (χ3v) is 3.89. The Morgan fingerprint density at radius 3 is 3.00 bits per heavy atom. The Kier molecular flexibility index (Phi) is 4.64. The molecule has 1 saturated heterocycles. The Morgan fingerprint density at radius 2 is 2.29 bits per heavy atom. The highest BCUT2D eigenvalue weighted by Crippen LogP contribution is 2.23. The quantitative estimate of drug-likeness (QED) is 0.850. The highest BCUT2D eigenvalue weighted by atomic mass is 16.5. The van der Waals surface area contributed by atoms with Crippen molar-refractivity contribution in [3.8, 4) is 5.69 Å². The Balaban J connectivity index is 1.81. The van der Waals surface area contributed by atoms with E-state index in [-0.39, 0.29) is 12.0 Å². The zero-order valence-electron chi connectivity index (χ0n) is 14.2. The first-order valence-corrected chi connectivity index (χ1v) is 7.89. The van der Waals surface area contributed by atoms with E-state index in [1.54, 1.807) is 36.8 Å². The summed E-state index contributed by atoms with van der Waals surface area (Å²) in [5.41, 5.74) is 0.848. The van der Waals surface area contributed by atoms with Crippen LogP contribution in [0.15, 0.2) is 37.1 Å². The van der Waals surface area contributed by atoms with Gasteiger partial charge in [0.1, 0.15) is 5.69 Å². The van der Waals surface area contributed by atoms with Crippen molar-refractivity contribution in [3.63, 3.8) is 0 Å². The lowest BCUT2D eigenvalue weighted by molar-refractivity contribution is -0.143. The number of hydrogen-bond donors (Lipinski definition) is 0. The maximum absolute atomic E-state index is 12.9. The molecule has 0 aromatic carbocycles. The summed E-state index contributed by atoms with van der Waals surface area (Å²) < 4.78 is 13.0. The van der Waals surface area contributed by atoms with Gasteiger partial charge in [-0.2, -0.15) is 0 Å². The number of rotatable bonds is 4. The van der Waals surface area contributed by atoms with Crippen molar-refractivity contribution < 1.29 is 14.3 Å². The van der Waals surface area contributed by atoms with E-state index in [0.717, 1.165) is 5.69 Å². The summed E-state index contributed by atoms with van der Waals surface area (Å²) in [6.07, 6.45) is 6.72. The molecular formula is C17H22N4O3. The highest BCUT2D eigenvalue weighted by molar-refractivity contribution is 5.93. The highest BCUT2D eigenvalue weighted by Gasteiger charge is 2.36. The minimum Gasteiger partial charge on any atom is -0.382 e. The summed E-state index contributed by atoms with van der Waals surface area (Å²) >= 11 is 0. The molecule has 1 amide bonds. The molecule has 1 aliphatic rings. The zero-order valence-corrected chi connectivity index (χ0v) is 14.2. The fraction of sp³-hybridized carbons (Fsp3) is 0.471. The molecule has 0 N–H and O–H groups in total. The summed E-state index contributed by atoms with van der Waals surface area (Å²) in [5.74, 6) is -0.102. The number of hydrogen-bond acceptors (Lipinski definition) is 5. The summed E-state index contributed by atoms with van der Waals surface area (Å²) in [6.45, 7) is 5.42. The Bertz CT molecular complexity index is 700. The van der Waals surface area contributed by atoms with Crippen LogP contribution in [-0.4, -0.2) is 63.9 Å². The van der Waals surface area contributed by atoms with E-state index >= 15 is 0 Å². The zero-order chi connectivity index (χ0) is 17.2. The molecule has 0 spiro atoms. The molecule has 2 aromatic heterocycles. The van der Waals surface area contributed by atoms with Crippen LogP contribution in [0.1, 0.15) is 24.3 Å². The van der Waals surface area contributed by atoms with Gasteiger partial charge in [-0.1, -0.05) is 0 Å². The number of amides is 1. The molecule has 0 bridgehead atoms. The van der Waals surface area contributed by atoms with Crippen molar-refractivity contribution in [1.29, 1.82) is 0 Å². The molecule has 128 valence electrons. The molecular weight excluding hydrogens is 308 g/mol. The van der Waals surface area contributed by atoms with Gasteiger partial charge >= 0.3 is 0 Å². The smallest absolute Gasteiger partial charge is 0.272 e. The molecule has 0 radical (unpaired) electrons. The van der Waals surface area contributed by atoms with Crippen molar-refractivity contribution >= 4 is 5.91 Å². The first kappa shape index (κ1) is 16.6. The van der Waals surface area contributed by atoms with Crippen molar-refractivity contribution in [2.24, 2.45) is 0 Å². The average Bonchev–Trinajstić information content (AvgIpc) is 3.07. The molecule has 0 unspecified atom stereocenters. The van der Waals surface area contributed by atoms with Gasteiger partial charge in [-0.25, -0.2) is 4.98 Å². The van der Waals surface area contributed by atoms with Crippen LogP contribution >= 0.6 is 0 Å². The predicted molar refractivity (Wildman–Crippen MR) is 88.1 cm³/mol. The maximum Gasteiger partial charge on any atom is 0.272 e. The lowest BCUT2D eigenvalue weighted by atomic mass is 10.0. The van der Waals surface area contributed by atoms with Gasteiger partial charge < -0.3 is 18.9 Å². The Labute approximate surface area is 141 Å². The third-order valence-electron chi connectivity index (χ3n) is 3.89. The lowest BCUT2D eigenvalue weighted by Gasteiger charge is -2.42. The predicted octanol–water partition coefficient (Wildman–Crippen LogP) is 1.53. The SMILES string of the molecule is COC[C@H]1CN(C(=O)c2cc(-n3ccnc3)ccn2)CC(C)(C)O1. The van der Waals surface area contributed by atoms with E-state index in [1.807, 2.05) is 30.7 Å². The monoisotopic (exact) mass is 330 g/mol. The molecule has 1 atom stereocenters. The molecule has 7 heteroatoms. The number of carbonyl (C=O) groups is 1. The number of aromatic nitrogens is 3. The van der Waals surface area contributed by atoms with Crippen molar-refractivity contribution in [2.75, 3.05) is 26.8 Å². The van der Waals surface area contributed by atoms with E-state index in [2.05, 4.69) is 9.97 Å². The van der Waals surface area contributed by atoms with Crippen LogP contribution in [-0.2, 0) is 9.47 Å². The molecule has 0 saturated carbocycles. The normalized spacial score (nSPS) is 20.1. The fourth-order valence-corrected chi connectivity index (χ4v) is 2.99. The molecule has 3 rings (SSSR count). The van der Waals surface area contributed by atoms with Crippen molar-refractivity contribution in [3.05, 3.63) is 42.7 Å². The number of imidazole rings is 1. The Morgan fingerprint density at radius 1 is 1.46 bits per heavy atom. The molecule has 24 heavy (non-hydrogen) atoms. The lowest BCUT2D eigenvalue weighted by Crippen LogP contribution is -2.55. The molecule has 0 aliphatic carbocycles. The van der Waals surface area contributed by atoms with Crippen LogP contribution in [0.5, 0.6) is 0 Å². The number of carbonyl (C=O) groups excluding carboxylic acids is 1. The molecule has 1 fully saturated rings. The first-order valence-electron chi connectivity index (χ1n) is 7.89. The van der Waals surface area contributed by atoms with Crippen molar-refractivity contribution in [1.82, 2.24) is 19.4 Å². The second kappa shape index (κ2) is 6.70. The topological polar surface area (TPSA) is 69.5 Å². The van der Waals surface area contributed by atoms with Crippen LogP contribution in [0.4, 0.5) is 0 Å². The third kappa shape index (κ3) is 3.63. The van der Waals surface area contributed by atoms with E-state index in [9.17, 15) is 4.79 Å². The minimum absolute atomic E-state index is 0.102. The number of ether oxygens (including phenoxy) is 2. The average molecular weight is 330 g/mol. The molecule has 3 heterocycles. The van der Waals surface area contributed by atoms with Gasteiger partial charge in [-0.3, -0.25) is 9.78 Å². The second-order valence-electron chi connectivity index (χ2n) is 6.51. The van der Waals surface area contributed by atoms with E-state index in [1.165, 1.54) is 0 Å². The van der Waals surface area contributed by atoms with Crippen LogP contribution < -0.4 is 0 Å². The van der Waals surface area contributed by atoms with Crippen LogP contribution in [0.2, 0.25) is 0 Å².